The fraction of sp³-hybridized carbons (Fsp3) is 0.545. The van der Waals surface area contributed by atoms with Gasteiger partial charge in [0.15, 0.2) is 0 Å². The van der Waals surface area contributed by atoms with Gasteiger partial charge in [0, 0.05) is 26.0 Å². The number of hydrogen-bond acceptors (Lipinski definition) is 2. The molecule has 1 amide bonds. The summed E-state index contributed by atoms with van der Waals surface area (Å²) in [5.41, 5.74) is 6.80. The molecule has 0 aliphatic heterocycles. The lowest BCUT2D eigenvalue weighted by atomic mass is 10.1. The van der Waals surface area contributed by atoms with Crippen LogP contribution in [0.2, 0.25) is 0 Å². The van der Waals surface area contributed by atoms with Gasteiger partial charge in [0.1, 0.15) is 0 Å². The Labute approximate surface area is 90.5 Å². The standard InChI is InChI=1S/C11H19N3O/c1-8(2)10(12)11(15)13-6-9-4-5-14(3)7-9/h4-5,7-8,10H,6,12H2,1-3H3,(H,13,15)/t10-/m1/s1. The second-order valence-electron chi connectivity index (χ2n) is 4.17. The average molecular weight is 209 g/mol. The topological polar surface area (TPSA) is 60.1 Å². The molecular weight excluding hydrogens is 190 g/mol. The van der Waals surface area contributed by atoms with Gasteiger partial charge in [-0.25, -0.2) is 0 Å². The van der Waals surface area contributed by atoms with Crippen LogP contribution in [0.1, 0.15) is 19.4 Å². The summed E-state index contributed by atoms with van der Waals surface area (Å²) in [6.07, 6.45) is 3.92. The van der Waals surface area contributed by atoms with Crippen LogP contribution in [0.3, 0.4) is 0 Å². The molecule has 4 nitrogen and oxygen atoms in total. The smallest absolute Gasteiger partial charge is 0.237 e. The van der Waals surface area contributed by atoms with Gasteiger partial charge in [-0.3, -0.25) is 4.79 Å². The van der Waals surface area contributed by atoms with Crippen molar-refractivity contribution in [3.63, 3.8) is 0 Å². The van der Waals surface area contributed by atoms with Gasteiger partial charge in [-0.05, 0) is 17.5 Å². The Bertz CT molecular complexity index is 330. The fourth-order valence-corrected chi connectivity index (χ4v) is 1.28. The molecule has 4 heteroatoms. The quantitative estimate of drug-likeness (QED) is 0.764. The molecule has 1 atom stereocenters. The number of nitrogens with zero attached hydrogens (tertiary/aromatic N) is 1. The van der Waals surface area contributed by atoms with E-state index in [1.54, 1.807) is 0 Å². The first-order valence-corrected chi connectivity index (χ1v) is 5.15. The fourth-order valence-electron chi connectivity index (χ4n) is 1.28. The van der Waals surface area contributed by atoms with E-state index in [-0.39, 0.29) is 11.8 Å². The molecule has 0 unspecified atom stereocenters. The van der Waals surface area contributed by atoms with E-state index in [0.29, 0.717) is 6.54 Å². The molecule has 0 spiro atoms. The van der Waals surface area contributed by atoms with Gasteiger partial charge >= 0.3 is 0 Å². The number of aromatic nitrogens is 1. The van der Waals surface area contributed by atoms with Crippen molar-refractivity contribution < 1.29 is 4.79 Å². The lowest BCUT2D eigenvalue weighted by molar-refractivity contribution is -0.123. The molecule has 0 aliphatic carbocycles. The van der Waals surface area contributed by atoms with Crippen LogP contribution in [0.5, 0.6) is 0 Å². The molecule has 0 radical (unpaired) electrons. The van der Waals surface area contributed by atoms with Crippen molar-refractivity contribution in [2.45, 2.75) is 26.4 Å². The zero-order chi connectivity index (χ0) is 11.4. The Morgan fingerprint density at radius 2 is 2.27 bits per heavy atom. The molecule has 3 N–H and O–H groups in total. The Kier molecular flexibility index (Phi) is 3.91. The number of carbonyl (C=O) groups is 1. The molecule has 0 bridgehead atoms. The third-order valence-electron chi connectivity index (χ3n) is 2.38. The largest absolute Gasteiger partial charge is 0.357 e. The molecule has 1 rings (SSSR count). The van der Waals surface area contributed by atoms with Crippen LogP contribution in [-0.4, -0.2) is 16.5 Å². The Morgan fingerprint density at radius 3 is 2.73 bits per heavy atom. The molecule has 1 heterocycles. The van der Waals surface area contributed by atoms with E-state index in [4.69, 9.17) is 5.73 Å². The summed E-state index contributed by atoms with van der Waals surface area (Å²) in [6.45, 7) is 4.42. The summed E-state index contributed by atoms with van der Waals surface area (Å²) in [4.78, 5) is 11.5. The highest BCUT2D eigenvalue weighted by Crippen LogP contribution is 2.01. The number of nitrogens with two attached hydrogens (primary N) is 1. The van der Waals surface area contributed by atoms with Crippen molar-refractivity contribution >= 4 is 5.91 Å². The van der Waals surface area contributed by atoms with E-state index < -0.39 is 6.04 Å². The van der Waals surface area contributed by atoms with Crippen molar-refractivity contribution in [1.82, 2.24) is 9.88 Å². The predicted octanol–water partition coefficient (Wildman–Crippen LogP) is 0.625. The van der Waals surface area contributed by atoms with Crippen LogP contribution in [0, 0.1) is 5.92 Å². The molecule has 0 saturated heterocycles. The maximum absolute atomic E-state index is 11.5. The van der Waals surface area contributed by atoms with Crippen molar-refractivity contribution in [2.75, 3.05) is 0 Å². The predicted molar refractivity (Wildman–Crippen MR) is 60.1 cm³/mol. The number of hydrogen-bond donors (Lipinski definition) is 2. The number of rotatable bonds is 4. The van der Waals surface area contributed by atoms with E-state index in [9.17, 15) is 4.79 Å². The van der Waals surface area contributed by atoms with Crippen LogP contribution < -0.4 is 11.1 Å². The Morgan fingerprint density at radius 1 is 1.60 bits per heavy atom. The number of aryl methyl sites for hydroxylation is 1. The van der Waals surface area contributed by atoms with Crippen LogP contribution in [-0.2, 0) is 18.4 Å². The first-order valence-electron chi connectivity index (χ1n) is 5.15. The van der Waals surface area contributed by atoms with Crippen LogP contribution in [0.4, 0.5) is 0 Å². The van der Waals surface area contributed by atoms with Crippen molar-refractivity contribution in [1.29, 1.82) is 0 Å². The summed E-state index contributed by atoms with van der Waals surface area (Å²) >= 11 is 0. The van der Waals surface area contributed by atoms with Crippen molar-refractivity contribution in [2.24, 2.45) is 18.7 Å². The van der Waals surface area contributed by atoms with Crippen molar-refractivity contribution in [3.05, 3.63) is 24.0 Å². The average Bonchev–Trinajstić information content (AvgIpc) is 2.59. The zero-order valence-corrected chi connectivity index (χ0v) is 9.53. The van der Waals surface area contributed by atoms with E-state index in [1.807, 2.05) is 43.9 Å². The van der Waals surface area contributed by atoms with Gasteiger partial charge in [0.2, 0.25) is 5.91 Å². The van der Waals surface area contributed by atoms with Gasteiger partial charge in [0.05, 0.1) is 6.04 Å². The highest BCUT2D eigenvalue weighted by molar-refractivity contribution is 5.81. The summed E-state index contributed by atoms with van der Waals surface area (Å²) in [5.74, 6) is 0.0784. The van der Waals surface area contributed by atoms with Crippen LogP contribution in [0.15, 0.2) is 18.5 Å². The Hall–Kier alpha value is -1.29. The zero-order valence-electron chi connectivity index (χ0n) is 9.53. The van der Waals surface area contributed by atoms with Crippen LogP contribution >= 0.6 is 0 Å². The third-order valence-corrected chi connectivity index (χ3v) is 2.38. The Balaban J connectivity index is 2.40. The maximum atomic E-state index is 11.5. The highest BCUT2D eigenvalue weighted by atomic mass is 16.2. The second kappa shape index (κ2) is 4.98. The number of carbonyl (C=O) groups excluding carboxylic acids is 1. The summed E-state index contributed by atoms with van der Waals surface area (Å²) in [6, 6.07) is 1.55. The highest BCUT2D eigenvalue weighted by Gasteiger charge is 2.16. The summed E-state index contributed by atoms with van der Waals surface area (Å²) in [7, 11) is 1.95. The van der Waals surface area contributed by atoms with Gasteiger partial charge in [-0.2, -0.15) is 0 Å². The van der Waals surface area contributed by atoms with Gasteiger partial charge in [0.25, 0.3) is 0 Å². The van der Waals surface area contributed by atoms with Crippen molar-refractivity contribution in [3.8, 4) is 0 Å². The molecule has 15 heavy (non-hydrogen) atoms. The molecule has 1 aromatic rings. The monoisotopic (exact) mass is 209 g/mol. The lowest BCUT2D eigenvalue weighted by Crippen LogP contribution is -2.43. The summed E-state index contributed by atoms with van der Waals surface area (Å²) < 4.78 is 1.95. The summed E-state index contributed by atoms with van der Waals surface area (Å²) in [5, 5.41) is 2.82. The molecule has 0 saturated carbocycles. The molecular formula is C11H19N3O. The van der Waals surface area contributed by atoms with E-state index in [1.165, 1.54) is 0 Å². The van der Waals surface area contributed by atoms with E-state index in [2.05, 4.69) is 5.32 Å². The maximum Gasteiger partial charge on any atom is 0.237 e. The molecule has 0 aromatic carbocycles. The minimum Gasteiger partial charge on any atom is -0.357 e. The molecule has 84 valence electrons. The van der Waals surface area contributed by atoms with Gasteiger partial charge in [-0.15, -0.1) is 0 Å². The van der Waals surface area contributed by atoms with Gasteiger partial charge in [-0.1, -0.05) is 13.8 Å². The third kappa shape index (κ3) is 3.40. The first kappa shape index (κ1) is 11.8. The number of amides is 1. The first-order chi connectivity index (χ1) is 7.00. The minimum absolute atomic E-state index is 0.0890. The van der Waals surface area contributed by atoms with Gasteiger partial charge < -0.3 is 15.6 Å². The van der Waals surface area contributed by atoms with Crippen LogP contribution in [0.25, 0.3) is 0 Å². The van der Waals surface area contributed by atoms with E-state index >= 15 is 0 Å². The van der Waals surface area contributed by atoms with E-state index in [0.717, 1.165) is 5.56 Å². The second-order valence-corrected chi connectivity index (χ2v) is 4.17. The SMILES string of the molecule is CC(C)[C@@H](N)C(=O)NCc1ccn(C)c1. The molecule has 0 aliphatic rings. The normalized spacial score (nSPS) is 12.9. The number of nitrogens with one attached hydrogen (secondary N) is 1. The molecule has 1 aromatic heterocycles. The molecule has 0 fully saturated rings. The lowest BCUT2D eigenvalue weighted by Gasteiger charge is -2.14. The minimum atomic E-state index is -0.422.